The molecule has 0 amide bonds. The van der Waals surface area contributed by atoms with Crippen LogP contribution in [0.1, 0.15) is 23.2 Å². The number of pyridine rings is 1. The summed E-state index contributed by atoms with van der Waals surface area (Å²) < 4.78 is 5.96. The van der Waals surface area contributed by atoms with Gasteiger partial charge >= 0.3 is 0 Å². The van der Waals surface area contributed by atoms with Gasteiger partial charge in [-0.2, -0.15) is 0 Å². The zero-order valence-electron chi connectivity index (χ0n) is 15.4. The van der Waals surface area contributed by atoms with Gasteiger partial charge < -0.3 is 14.6 Å². The second-order valence-corrected chi connectivity index (χ2v) is 7.16. The minimum Gasteiger partial charge on any atom is -0.368 e. The summed E-state index contributed by atoms with van der Waals surface area (Å²) in [7, 11) is 4.11. The van der Waals surface area contributed by atoms with E-state index in [4.69, 9.17) is 4.74 Å². The van der Waals surface area contributed by atoms with Gasteiger partial charge in [0.25, 0.3) is 0 Å². The Morgan fingerprint density at radius 1 is 1.27 bits per heavy atom. The van der Waals surface area contributed by atoms with E-state index in [1.165, 1.54) is 10.9 Å². The third-order valence-corrected chi connectivity index (χ3v) is 4.66. The third kappa shape index (κ3) is 3.93. The number of nitrogens with one attached hydrogen (secondary N) is 1. The van der Waals surface area contributed by atoms with Crippen molar-refractivity contribution in [3.63, 3.8) is 0 Å². The van der Waals surface area contributed by atoms with Crippen LogP contribution in [0, 0.1) is 0 Å². The van der Waals surface area contributed by atoms with Crippen LogP contribution < -0.4 is 0 Å². The second-order valence-electron chi connectivity index (χ2n) is 7.16. The minimum absolute atomic E-state index is 0.00165. The van der Waals surface area contributed by atoms with Gasteiger partial charge in [0.05, 0.1) is 12.1 Å². The first-order chi connectivity index (χ1) is 12.7. The maximum absolute atomic E-state index is 5.96. The largest absolute Gasteiger partial charge is 0.368 e. The highest BCUT2D eigenvalue weighted by Gasteiger charge is 2.24. The molecule has 0 spiro atoms. The highest BCUT2D eigenvalue weighted by atomic mass is 16.5. The molecule has 3 aromatic rings. The first kappa shape index (κ1) is 17.1. The zero-order valence-corrected chi connectivity index (χ0v) is 15.4. The molecule has 3 heterocycles. The summed E-state index contributed by atoms with van der Waals surface area (Å²) in [4.78, 5) is 16.9. The first-order valence-electron chi connectivity index (χ1n) is 9.03. The molecule has 1 aromatic carbocycles. The molecule has 1 aliphatic heterocycles. The molecule has 4 rings (SSSR count). The average molecular weight is 351 g/mol. The maximum Gasteiger partial charge on any atom is 0.136 e. The smallest absolute Gasteiger partial charge is 0.136 e. The molecule has 6 heteroatoms. The van der Waals surface area contributed by atoms with Crippen molar-refractivity contribution in [2.45, 2.75) is 19.2 Å². The van der Waals surface area contributed by atoms with Crippen LogP contribution in [0.25, 0.3) is 10.9 Å². The van der Waals surface area contributed by atoms with Crippen molar-refractivity contribution in [3.05, 3.63) is 59.8 Å². The molecule has 1 aliphatic rings. The number of nitrogens with zero attached hydrogens (tertiary/aromatic N) is 4. The zero-order chi connectivity index (χ0) is 17.9. The van der Waals surface area contributed by atoms with Gasteiger partial charge in [-0.05, 0) is 37.9 Å². The molecule has 6 nitrogen and oxygen atoms in total. The lowest BCUT2D eigenvalue weighted by Gasteiger charge is -2.32. The van der Waals surface area contributed by atoms with Gasteiger partial charge in [0, 0.05) is 49.7 Å². The molecule has 0 radical (unpaired) electrons. The summed E-state index contributed by atoms with van der Waals surface area (Å²) >= 11 is 0. The SMILES string of the molecule is CN(C)Cc1cnc(C2CN(Cc3ccc4ncccc4c3)CCO2)[nH]1. The number of aromatic nitrogens is 3. The molecule has 0 bridgehead atoms. The maximum atomic E-state index is 5.96. The van der Waals surface area contributed by atoms with E-state index in [1.54, 1.807) is 0 Å². The Kier molecular flexibility index (Phi) is 4.97. The van der Waals surface area contributed by atoms with Crippen LogP contribution in [0.5, 0.6) is 0 Å². The predicted molar refractivity (Wildman–Crippen MR) is 102 cm³/mol. The van der Waals surface area contributed by atoms with Gasteiger partial charge in [-0.15, -0.1) is 0 Å². The molecule has 1 saturated heterocycles. The number of hydrogen-bond acceptors (Lipinski definition) is 5. The van der Waals surface area contributed by atoms with Gasteiger partial charge in [-0.1, -0.05) is 12.1 Å². The second kappa shape index (κ2) is 7.53. The standard InChI is InChI=1S/C20H25N5O/c1-24(2)13-17-11-22-20(23-17)19-14-25(8-9-26-19)12-15-5-6-18-16(10-15)4-3-7-21-18/h3-7,10-11,19H,8-9,12-14H2,1-2H3,(H,22,23). The summed E-state index contributed by atoms with van der Waals surface area (Å²) in [5.74, 6) is 0.925. The van der Waals surface area contributed by atoms with Crippen molar-refractivity contribution >= 4 is 10.9 Å². The van der Waals surface area contributed by atoms with E-state index in [-0.39, 0.29) is 6.10 Å². The van der Waals surface area contributed by atoms with Crippen LogP contribution in [0.2, 0.25) is 0 Å². The molecular formula is C20H25N5O. The van der Waals surface area contributed by atoms with E-state index in [0.29, 0.717) is 0 Å². The van der Waals surface area contributed by atoms with Crippen LogP contribution in [-0.2, 0) is 17.8 Å². The molecule has 26 heavy (non-hydrogen) atoms. The number of benzene rings is 1. The highest BCUT2D eigenvalue weighted by molar-refractivity contribution is 5.78. The van der Waals surface area contributed by atoms with Gasteiger partial charge in [0.2, 0.25) is 0 Å². The number of rotatable bonds is 5. The van der Waals surface area contributed by atoms with E-state index < -0.39 is 0 Å². The molecule has 1 N–H and O–H groups in total. The quantitative estimate of drug-likeness (QED) is 0.766. The number of morpholine rings is 1. The van der Waals surface area contributed by atoms with Gasteiger partial charge in [0.15, 0.2) is 0 Å². The van der Waals surface area contributed by atoms with Crippen molar-refractivity contribution < 1.29 is 4.74 Å². The molecule has 0 aliphatic carbocycles. The Morgan fingerprint density at radius 3 is 3.08 bits per heavy atom. The Bertz CT molecular complexity index is 875. The minimum atomic E-state index is 0.00165. The highest BCUT2D eigenvalue weighted by Crippen LogP contribution is 2.22. The fourth-order valence-electron chi connectivity index (χ4n) is 3.45. The molecular weight excluding hydrogens is 326 g/mol. The molecule has 1 unspecified atom stereocenters. The van der Waals surface area contributed by atoms with Crippen molar-refractivity contribution in [1.82, 2.24) is 24.8 Å². The molecule has 1 atom stereocenters. The van der Waals surface area contributed by atoms with Crippen molar-refractivity contribution in [2.24, 2.45) is 0 Å². The Morgan fingerprint density at radius 2 is 2.19 bits per heavy atom. The summed E-state index contributed by atoms with van der Waals surface area (Å²) in [5.41, 5.74) is 3.46. The Labute approximate surface area is 153 Å². The van der Waals surface area contributed by atoms with Crippen molar-refractivity contribution in [1.29, 1.82) is 0 Å². The van der Waals surface area contributed by atoms with Crippen molar-refractivity contribution in [2.75, 3.05) is 33.8 Å². The van der Waals surface area contributed by atoms with Crippen LogP contribution in [0.3, 0.4) is 0 Å². The number of fused-ring (bicyclic) bond motifs is 1. The normalized spacial score (nSPS) is 18.7. The summed E-state index contributed by atoms with van der Waals surface area (Å²) in [5, 5.41) is 1.19. The lowest BCUT2D eigenvalue weighted by Crippen LogP contribution is -2.38. The van der Waals surface area contributed by atoms with Crippen LogP contribution in [-0.4, -0.2) is 58.5 Å². The van der Waals surface area contributed by atoms with Gasteiger partial charge in [-0.3, -0.25) is 9.88 Å². The van der Waals surface area contributed by atoms with Crippen LogP contribution in [0.4, 0.5) is 0 Å². The molecule has 1 fully saturated rings. The lowest BCUT2D eigenvalue weighted by molar-refractivity contribution is -0.0368. The van der Waals surface area contributed by atoms with Crippen molar-refractivity contribution in [3.8, 4) is 0 Å². The number of H-pyrrole nitrogens is 1. The Balaban J connectivity index is 1.43. The summed E-state index contributed by atoms with van der Waals surface area (Å²) in [6.07, 6.45) is 3.75. The fourth-order valence-corrected chi connectivity index (χ4v) is 3.45. The Hall–Kier alpha value is -2.28. The van der Waals surface area contributed by atoms with Gasteiger partial charge in [0.1, 0.15) is 11.9 Å². The van der Waals surface area contributed by atoms with E-state index >= 15 is 0 Å². The van der Waals surface area contributed by atoms with E-state index in [0.717, 1.165) is 49.8 Å². The summed E-state index contributed by atoms with van der Waals surface area (Å²) in [6.45, 7) is 4.28. The molecule has 0 saturated carbocycles. The number of imidazole rings is 1. The lowest BCUT2D eigenvalue weighted by atomic mass is 10.1. The topological polar surface area (TPSA) is 57.3 Å². The van der Waals surface area contributed by atoms with Crippen LogP contribution >= 0.6 is 0 Å². The molecule has 2 aromatic heterocycles. The predicted octanol–water partition coefficient (Wildman–Crippen LogP) is 2.59. The fraction of sp³-hybridized carbons (Fsp3) is 0.400. The number of ether oxygens (including phenoxy) is 1. The van der Waals surface area contributed by atoms with E-state index in [2.05, 4.69) is 63.1 Å². The van der Waals surface area contributed by atoms with Gasteiger partial charge in [-0.25, -0.2) is 4.98 Å². The molecule has 136 valence electrons. The third-order valence-electron chi connectivity index (χ3n) is 4.66. The van der Waals surface area contributed by atoms with Crippen LogP contribution in [0.15, 0.2) is 42.7 Å². The van der Waals surface area contributed by atoms with E-state index in [9.17, 15) is 0 Å². The van der Waals surface area contributed by atoms with E-state index in [1.807, 2.05) is 18.5 Å². The number of aromatic amines is 1. The monoisotopic (exact) mass is 351 g/mol. The number of hydrogen-bond donors (Lipinski definition) is 1. The summed E-state index contributed by atoms with van der Waals surface area (Å²) in [6, 6.07) is 10.6. The average Bonchev–Trinajstić information content (AvgIpc) is 3.10. The first-order valence-corrected chi connectivity index (χ1v) is 9.03.